The molecule has 0 bridgehead atoms. The quantitative estimate of drug-likeness (QED) is 0.606. The Hall–Kier alpha value is -3.54. The standard InChI is InChI=1S/C22H21NO5/c1-26-18-11-6-5-10-17(18)20(28-22(25)19-12-7-15-27-19)21(24)23-14-13-16-8-3-2-4-9-16/h2-12,15,20H,13-14H2,1H3,(H,23,24). The topological polar surface area (TPSA) is 77.8 Å². The van der Waals surface area contributed by atoms with Gasteiger partial charge in [0.25, 0.3) is 5.91 Å². The Balaban J connectivity index is 1.75. The first-order valence-electron chi connectivity index (χ1n) is 8.88. The van der Waals surface area contributed by atoms with E-state index in [-0.39, 0.29) is 5.76 Å². The van der Waals surface area contributed by atoms with Gasteiger partial charge >= 0.3 is 5.97 Å². The molecule has 0 aliphatic carbocycles. The van der Waals surface area contributed by atoms with Crippen LogP contribution >= 0.6 is 0 Å². The van der Waals surface area contributed by atoms with E-state index in [0.29, 0.717) is 24.3 Å². The van der Waals surface area contributed by atoms with Crippen molar-refractivity contribution in [3.63, 3.8) is 0 Å². The van der Waals surface area contributed by atoms with Crippen LogP contribution in [0.1, 0.15) is 27.8 Å². The number of nitrogens with one attached hydrogen (secondary N) is 1. The van der Waals surface area contributed by atoms with Gasteiger partial charge in [-0.15, -0.1) is 0 Å². The summed E-state index contributed by atoms with van der Waals surface area (Å²) >= 11 is 0. The average Bonchev–Trinajstić information content (AvgIpc) is 3.27. The van der Waals surface area contributed by atoms with Crippen LogP contribution in [0, 0.1) is 0 Å². The Bertz CT molecular complexity index is 906. The van der Waals surface area contributed by atoms with E-state index in [1.165, 1.54) is 19.4 Å². The van der Waals surface area contributed by atoms with Crippen molar-refractivity contribution in [1.29, 1.82) is 0 Å². The van der Waals surface area contributed by atoms with E-state index in [4.69, 9.17) is 13.9 Å². The third kappa shape index (κ3) is 4.79. The summed E-state index contributed by atoms with van der Waals surface area (Å²) in [5.74, 6) is -0.672. The van der Waals surface area contributed by atoms with Crippen molar-refractivity contribution < 1.29 is 23.5 Å². The largest absolute Gasteiger partial charge is 0.496 e. The Morgan fingerprint density at radius 2 is 1.75 bits per heavy atom. The number of rotatable bonds is 8. The number of amides is 1. The highest BCUT2D eigenvalue weighted by molar-refractivity contribution is 5.91. The van der Waals surface area contributed by atoms with Crippen LogP contribution < -0.4 is 10.1 Å². The molecule has 0 saturated heterocycles. The molecule has 1 amide bonds. The maximum absolute atomic E-state index is 12.8. The molecule has 0 aliphatic rings. The molecule has 0 fully saturated rings. The SMILES string of the molecule is COc1ccccc1C(OC(=O)c1ccco1)C(=O)NCCc1ccccc1. The lowest BCUT2D eigenvalue weighted by molar-refractivity contribution is -0.130. The summed E-state index contributed by atoms with van der Waals surface area (Å²) < 4.78 is 15.9. The van der Waals surface area contributed by atoms with Crippen LogP contribution in [-0.4, -0.2) is 25.5 Å². The zero-order valence-corrected chi connectivity index (χ0v) is 15.5. The Morgan fingerprint density at radius 1 is 1.00 bits per heavy atom. The van der Waals surface area contributed by atoms with E-state index in [9.17, 15) is 9.59 Å². The summed E-state index contributed by atoms with van der Waals surface area (Å²) in [4.78, 5) is 25.2. The number of hydrogen-bond acceptors (Lipinski definition) is 5. The van der Waals surface area contributed by atoms with Gasteiger partial charge in [-0.2, -0.15) is 0 Å². The van der Waals surface area contributed by atoms with Crippen LogP contribution in [0.4, 0.5) is 0 Å². The monoisotopic (exact) mass is 379 g/mol. The van der Waals surface area contributed by atoms with Crippen LogP contribution in [0.25, 0.3) is 0 Å². The predicted octanol–water partition coefficient (Wildman–Crippen LogP) is 3.55. The minimum atomic E-state index is -1.16. The summed E-state index contributed by atoms with van der Waals surface area (Å²) in [6.07, 6.45) is 0.871. The molecule has 0 saturated carbocycles. The Morgan fingerprint density at radius 3 is 2.46 bits per heavy atom. The van der Waals surface area contributed by atoms with Crippen molar-refractivity contribution in [1.82, 2.24) is 5.32 Å². The molecule has 0 spiro atoms. The van der Waals surface area contributed by atoms with Gasteiger partial charge in [0, 0.05) is 12.1 Å². The lowest BCUT2D eigenvalue weighted by Crippen LogP contribution is -2.33. The van der Waals surface area contributed by atoms with Gasteiger partial charge in [0.15, 0.2) is 0 Å². The molecule has 1 atom stereocenters. The zero-order valence-electron chi connectivity index (χ0n) is 15.5. The highest BCUT2D eigenvalue weighted by Gasteiger charge is 2.29. The van der Waals surface area contributed by atoms with Crippen molar-refractivity contribution in [3.05, 3.63) is 89.9 Å². The Labute approximate surface area is 163 Å². The number of methoxy groups -OCH3 is 1. The minimum absolute atomic E-state index is 0.0250. The second-order valence-electron chi connectivity index (χ2n) is 6.03. The normalized spacial score (nSPS) is 11.5. The van der Waals surface area contributed by atoms with Crippen LogP contribution in [0.3, 0.4) is 0 Å². The fourth-order valence-electron chi connectivity index (χ4n) is 2.77. The number of ether oxygens (including phenoxy) is 2. The molecule has 0 aliphatic heterocycles. The summed E-state index contributed by atoms with van der Waals surface area (Å²) in [6, 6.07) is 19.8. The van der Waals surface area contributed by atoms with E-state index >= 15 is 0 Å². The number of carbonyl (C=O) groups is 2. The molecular formula is C22H21NO5. The van der Waals surface area contributed by atoms with Gasteiger partial charge in [-0.25, -0.2) is 4.79 Å². The van der Waals surface area contributed by atoms with Gasteiger partial charge in [-0.3, -0.25) is 4.79 Å². The van der Waals surface area contributed by atoms with Gasteiger partial charge in [0.1, 0.15) is 5.75 Å². The first-order valence-corrected chi connectivity index (χ1v) is 8.88. The van der Waals surface area contributed by atoms with E-state index in [0.717, 1.165) is 5.56 Å². The van der Waals surface area contributed by atoms with Gasteiger partial charge in [0.05, 0.1) is 13.4 Å². The third-order valence-corrected chi connectivity index (χ3v) is 4.16. The van der Waals surface area contributed by atoms with Gasteiger partial charge < -0.3 is 19.2 Å². The first kappa shape index (κ1) is 19.2. The molecule has 144 valence electrons. The number of esters is 1. The third-order valence-electron chi connectivity index (χ3n) is 4.16. The van der Waals surface area contributed by atoms with Crippen molar-refractivity contribution >= 4 is 11.9 Å². The Kier molecular flexibility index (Phi) is 6.46. The molecule has 3 rings (SSSR count). The van der Waals surface area contributed by atoms with Gasteiger partial charge in [-0.05, 0) is 30.2 Å². The number of carbonyl (C=O) groups excluding carboxylic acids is 2. The lowest BCUT2D eigenvalue weighted by atomic mass is 10.1. The second-order valence-corrected chi connectivity index (χ2v) is 6.03. The molecule has 3 aromatic rings. The van der Waals surface area contributed by atoms with Crippen molar-refractivity contribution in [2.75, 3.05) is 13.7 Å². The molecule has 1 N–H and O–H groups in total. The summed E-state index contributed by atoms with van der Waals surface area (Å²) in [7, 11) is 1.50. The van der Waals surface area contributed by atoms with Crippen molar-refractivity contribution in [2.24, 2.45) is 0 Å². The maximum Gasteiger partial charge on any atom is 0.375 e. The average molecular weight is 379 g/mol. The number of hydrogen-bond donors (Lipinski definition) is 1. The highest BCUT2D eigenvalue weighted by atomic mass is 16.6. The van der Waals surface area contributed by atoms with Gasteiger partial charge in [-0.1, -0.05) is 48.5 Å². The summed E-state index contributed by atoms with van der Waals surface area (Å²) in [5, 5.41) is 2.83. The molecule has 1 unspecified atom stereocenters. The van der Waals surface area contributed by atoms with Crippen LogP contribution in [0.15, 0.2) is 77.4 Å². The second kappa shape index (κ2) is 9.41. The van der Waals surface area contributed by atoms with Crippen LogP contribution in [0.5, 0.6) is 5.75 Å². The maximum atomic E-state index is 12.8. The van der Waals surface area contributed by atoms with Crippen LogP contribution in [-0.2, 0) is 16.0 Å². The van der Waals surface area contributed by atoms with Gasteiger partial charge in [0.2, 0.25) is 11.9 Å². The lowest BCUT2D eigenvalue weighted by Gasteiger charge is -2.19. The molecule has 1 aromatic heterocycles. The fraction of sp³-hybridized carbons (Fsp3) is 0.182. The summed E-state index contributed by atoms with van der Waals surface area (Å²) in [5.41, 5.74) is 1.56. The zero-order chi connectivity index (χ0) is 19.8. The minimum Gasteiger partial charge on any atom is -0.496 e. The van der Waals surface area contributed by atoms with Crippen molar-refractivity contribution in [3.8, 4) is 5.75 Å². The van der Waals surface area contributed by atoms with E-state index < -0.39 is 18.0 Å². The van der Waals surface area contributed by atoms with Crippen LogP contribution in [0.2, 0.25) is 0 Å². The van der Waals surface area contributed by atoms with E-state index in [1.54, 1.807) is 30.3 Å². The fourth-order valence-corrected chi connectivity index (χ4v) is 2.77. The molecule has 1 heterocycles. The van der Waals surface area contributed by atoms with Crippen molar-refractivity contribution in [2.45, 2.75) is 12.5 Å². The number of furan rings is 1. The molecular weight excluding hydrogens is 358 g/mol. The summed E-state index contributed by atoms with van der Waals surface area (Å²) in [6.45, 7) is 0.410. The first-order chi connectivity index (χ1) is 13.7. The molecule has 6 nitrogen and oxygen atoms in total. The number of para-hydroxylation sites is 1. The molecule has 2 aromatic carbocycles. The van der Waals surface area contributed by atoms with E-state index in [1.807, 2.05) is 30.3 Å². The molecule has 6 heteroatoms. The highest BCUT2D eigenvalue weighted by Crippen LogP contribution is 2.28. The van der Waals surface area contributed by atoms with E-state index in [2.05, 4.69) is 5.32 Å². The molecule has 0 radical (unpaired) electrons. The molecule has 28 heavy (non-hydrogen) atoms. The smallest absolute Gasteiger partial charge is 0.375 e. The number of benzene rings is 2. The predicted molar refractivity (Wildman–Crippen MR) is 103 cm³/mol.